The Bertz CT molecular complexity index is 634. The van der Waals surface area contributed by atoms with Crippen molar-refractivity contribution >= 4 is 5.91 Å². The van der Waals surface area contributed by atoms with Crippen molar-refractivity contribution in [3.8, 4) is 0 Å². The van der Waals surface area contributed by atoms with E-state index in [4.69, 9.17) is 0 Å². The first-order valence-corrected chi connectivity index (χ1v) is 10.0. The van der Waals surface area contributed by atoms with Crippen LogP contribution in [0.3, 0.4) is 0 Å². The molecule has 3 aliphatic rings. The summed E-state index contributed by atoms with van der Waals surface area (Å²) in [6, 6.07) is 0. The number of aryl methyl sites for hydroxylation is 1. The molecule has 25 heavy (non-hydrogen) atoms. The minimum absolute atomic E-state index is 0.246. The largest absolute Gasteiger partial charge is 0.340 e. The van der Waals surface area contributed by atoms with E-state index in [0.29, 0.717) is 11.8 Å². The Kier molecular flexibility index (Phi) is 4.56. The number of likely N-dealkylation sites (tertiary alicyclic amines) is 1. The number of piperidine rings is 1. The number of hydrogen-bond donors (Lipinski definition) is 0. The highest BCUT2D eigenvalue weighted by molar-refractivity contribution is 5.87. The fourth-order valence-electron chi connectivity index (χ4n) is 4.84. The van der Waals surface area contributed by atoms with Gasteiger partial charge in [0, 0.05) is 32.0 Å². The van der Waals surface area contributed by atoms with Gasteiger partial charge in [-0.05, 0) is 59.0 Å². The van der Waals surface area contributed by atoms with Crippen molar-refractivity contribution in [1.82, 2.24) is 24.6 Å². The normalized spacial score (nSPS) is 26.0. The smallest absolute Gasteiger partial charge is 0.243 e. The average molecular weight is 345 g/mol. The second kappa shape index (κ2) is 6.71. The van der Waals surface area contributed by atoms with Crippen LogP contribution >= 0.6 is 0 Å². The molecule has 2 aliphatic heterocycles. The van der Waals surface area contributed by atoms with E-state index in [1.54, 1.807) is 0 Å². The van der Waals surface area contributed by atoms with Gasteiger partial charge in [-0.25, -0.2) is 0 Å². The van der Waals surface area contributed by atoms with Crippen LogP contribution in [-0.2, 0) is 17.8 Å². The highest BCUT2D eigenvalue weighted by atomic mass is 16.2. The lowest BCUT2D eigenvalue weighted by atomic mass is 9.74. The Morgan fingerprint density at radius 1 is 1.08 bits per heavy atom. The fraction of sp³-hybridized carbons (Fsp3) is 0.842. The number of carbonyl (C=O) groups excluding carboxylic acids is 1. The average Bonchev–Trinajstić information content (AvgIpc) is 2.82. The number of amides is 1. The molecular formula is C19H31N5O. The van der Waals surface area contributed by atoms with Gasteiger partial charge in [-0.15, -0.1) is 10.2 Å². The molecule has 0 aromatic carbocycles. The van der Waals surface area contributed by atoms with E-state index in [-0.39, 0.29) is 5.54 Å². The summed E-state index contributed by atoms with van der Waals surface area (Å²) in [5.41, 5.74) is -0.246. The molecule has 6 nitrogen and oxygen atoms in total. The molecule has 1 saturated heterocycles. The molecule has 0 bridgehead atoms. The highest BCUT2D eigenvalue weighted by Gasteiger charge is 2.48. The van der Waals surface area contributed by atoms with Gasteiger partial charge in [0.2, 0.25) is 5.91 Å². The van der Waals surface area contributed by atoms with E-state index in [1.807, 2.05) is 0 Å². The molecular weight excluding hydrogens is 314 g/mol. The lowest BCUT2D eigenvalue weighted by Gasteiger charge is -2.49. The predicted molar refractivity (Wildman–Crippen MR) is 96.4 cm³/mol. The van der Waals surface area contributed by atoms with Gasteiger partial charge in [0.15, 0.2) is 0 Å². The zero-order chi connectivity index (χ0) is 17.4. The summed E-state index contributed by atoms with van der Waals surface area (Å²) < 4.78 is 2.36. The van der Waals surface area contributed by atoms with Crippen molar-refractivity contribution in [2.24, 2.45) is 0 Å². The van der Waals surface area contributed by atoms with Gasteiger partial charge in [0.1, 0.15) is 17.2 Å². The van der Waals surface area contributed by atoms with E-state index in [1.165, 1.54) is 25.7 Å². The van der Waals surface area contributed by atoms with Gasteiger partial charge in [-0.3, -0.25) is 9.69 Å². The van der Waals surface area contributed by atoms with Crippen molar-refractivity contribution in [3.05, 3.63) is 11.6 Å². The summed E-state index contributed by atoms with van der Waals surface area (Å²) in [5.74, 6) is 2.96. The number of carbonyl (C=O) groups is 1. The first-order valence-electron chi connectivity index (χ1n) is 10.0. The molecule has 6 heteroatoms. The quantitative estimate of drug-likeness (QED) is 0.843. The number of nitrogens with zero attached hydrogens (tertiary/aromatic N) is 5. The number of hydrogen-bond acceptors (Lipinski definition) is 4. The number of rotatable bonds is 3. The molecule has 1 amide bonds. The summed E-state index contributed by atoms with van der Waals surface area (Å²) >= 11 is 0. The Labute approximate surface area is 150 Å². The van der Waals surface area contributed by atoms with Gasteiger partial charge in [0.05, 0.1) is 0 Å². The summed E-state index contributed by atoms with van der Waals surface area (Å²) in [5, 5.41) is 9.02. The summed E-state index contributed by atoms with van der Waals surface area (Å²) in [4.78, 5) is 17.5. The summed E-state index contributed by atoms with van der Waals surface area (Å²) in [6.45, 7) is 2.75. The van der Waals surface area contributed by atoms with E-state index in [2.05, 4.69) is 38.7 Å². The minimum Gasteiger partial charge on any atom is -0.340 e. The van der Waals surface area contributed by atoms with Crippen LogP contribution in [0, 0.1) is 0 Å². The molecule has 4 rings (SSSR count). The number of fused-ring (bicyclic) bond motifs is 1. The third-order valence-electron chi connectivity index (χ3n) is 6.65. The Hall–Kier alpha value is -1.43. The molecule has 1 atom stereocenters. The zero-order valence-corrected chi connectivity index (χ0v) is 15.7. The maximum atomic E-state index is 13.2. The van der Waals surface area contributed by atoms with Crippen LogP contribution in [0.4, 0.5) is 0 Å². The van der Waals surface area contributed by atoms with Crippen LogP contribution in [0.1, 0.15) is 68.9 Å². The molecule has 0 unspecified atom stereocenters. The molecule has 0 N–H and O–H groups in total. The van der Waals surface area contributed by atoms with Gasteiger partial charge in [-0.2, -0.15) is 0 Å². The Balaban J connectivity index is 1.52. The van der Waals surface area contributed by atoms with Crippen molar-refractivity contribution < 1.29 is 4.79 Å². The molecule has 1 saturated carbocycles. The molecule has 3 heterocycles. The Morgan fingerprint density at radius 2 is 1.92 bits per heavy atom. The van der Waals surface area contributed by atoms with Crippen LogP contribution in [0.5, 0.6) is 0 Å². The SMILES string of the molecule is CN(C)C1(C(=O)N2CCC[C@@H](c3nnc4n3CCCCC4)C2)CCC1. The molecule has 1 aromatic heterocycles. The Morgan fingerprint density at radius 3 is 2.64 bits per heavy atom. The maximum absolute atomic E-state index is 13.2. The lowest BCUT2D eigenvalue weighted by molar-refractivity contribution is -0.150. The maximum Gasteiger partial charge on any atom is 0.243 e. The highest BCUT2D eigenvalue weighted by Crippen LogP contribution is 2.39. The topological polar surface area (TPSA) is 54.3 Å². The third kappa shape index (κ3) is 2.88. The summed E-state index contributed by atoms with van der Waals surface area (Å²) in [7, 11) is 4.10. The molecule has 0 spiro atoms. The van der Waals surface area contributed by atoms with E-state index >= 15 is 0 Å². The van der Waals surface area contributed by atoms with Gasteiger partial charge < -0.3 is 9.47 Å². The van der Waals surface area contributed by atoms with Crippen molar-refractivity contribution in [3.63, 3.8) is 0 Å². The zero-order valence-electron chi connectivity index (χ0n) is 15.7. The predicted octanol–water partition coefficient (Wildman–Crippen LogP) is 2.19. The molecule has 0 radical (unpaired) electrons. The van der Waals surface area contributed by atoms with E-state index in [9.17, 15) is 4.79 Å². The number of likely N-dealkylation sites (N-methyl/N-ethyl adjacent to an activating group) is 1. The first-order chi connectivity index (χ1) is 12.1. The molecule has 2 fully saturated rings. The fourth-order valence-corrected chi connectivity index (χ4v) is 4.84. The minimum atomic E-state index is -0.246. The van der Waals surface area contributed by atoms with Gasteiger partial charge >= 0.3 is 0 Å². The van der Waals surface area contributed by atoms with E-state index < -0.39 is 0 Å². The third-order valence-corrected chi connectivity index (χ3v) is 6.65. The summed E-state index contributed by atoms with van der Waals surface area (Å²) in [6.07, 6.45) is 10.1. The van der Waals surface area contributed by atoms with Crippen LogP contribution in [0.2, 0.25) is 0 Å². The molecule has 1 aromatic rings. The van der Waals surface area contributed by atoms with Crippen LogP contribution in [-0.4, -0.2) is 63.2 Å². The second-order valence-electron chi connectivity index (χ2n) is 8.31. The van der Waals surface area contributed by atoms with Crippen LogP contribution < -0.4 is 0 Å². The molecule has 138 valence electrons. The van der Waals surface area contributed by atoms with Crippen molar-refractivity contribution in [2.45, 2.75) is 75.8 Å². The van der Waals surface area contributed by atoms with Crippen molar-refractivity contribution in [2.75, 3.05) is 27.2 Å². The van der Waals surface area contributed by atoms with Crippen molar-refractivity contribution in [1.29, 1.82) is 0 Å². The standard InChI is InChI=1S/C19H31N5O/c1-22(2)19(10-7-11-19)18(25)23-12-6-8-15(14-23)17-21-20-16-9-4-3-5-13-24(16)17/h15H,3-14H2,1-2H3/t15-/m1/s1. The first kappa shape index (κ1) is 17.0. The molecule has 1 aliphatic carbocycles. The van der Waals surface area contributed by atoms with Gasteiger partial charge in [0.25, 0.3) is 0 Å². The van der Waals surface area contributed by atoms with E-state index in [0.717, 1.165) is 63.4 Å². The van der Waals surface area contributed by atoms with Crippen LogP contribution in [0.15, 0.2) is 0 Å². The second-order valence-corrected chi connectivity index (χ2v) is 8.31. The van der Waals surface area contributed by atoms with Gasteiger partial charge in [-0.1, -0.05) is 6.42 Å². The lowest BCUT2D eigenvalue weighted by Crippen LogP contribution is -2.62. The van der Waals surface area contributed by atoms with Crippen LogP contribution in [0.25, 0.3) is 0 Å². The monoisotopic (exact) mass is 345 g/mol. The number of aromatic nitrogens is 3.